The van der Waals surface area contributed by atoms with Crippen molar-refractivity contribution in [3.05, 3.63) is 0 Å². The molecule has 4 heteroatoms. The Kier molecular flexibility index (Phi) is 3.05. The number of nitrogens with zero attached hydrogens (tertiary/aromatic N) is 1. The van der Waals surface area contributed by atoms with Gasteiger partial charge in [0.25, 0.3) is 0 Å². The Morgan fingerprint density at radius 3 is 2.83 bits per heavy atom. The third-order valence-electron chi connectivity index (χ3n) is 1.96. The Morgan fingerprint density at radius 2 is 2.42 bits per heavy atom. The molecule has 12 heavy (non-hydrogen) atoms. The lowest BCUT2D eigenvalue weighted by Crippen LogP contribution is -2.27. The molecule has 1 heterocycles. The van der Waals surface area contributed by atoms with Crippen LogP contribution < -0.4 is 0 Å². The number of carbonyl (C=O) groups excluding carboxylic acids is 1. The first-order valence-corrected chi connectivity index (χ1v) is 4.23. The summed E-state index contributed by atoms with van der Waals surface area (Å²) < 4.78 is 0. The highest BCUT2D eigenvalue weighted by atomic mass is 16.7. The van der Waals surface area contributed by atoms with Crippen LogP contribution in [0.5, 0.6) is 0 Å². The van der Waals surface area contributed by atoms with Gasteiger partial charge in [-0.1, -0.05) is 13.8 Å². The van der Waals surface area contributed by atoms with E-state index in [0.717, 1.165) is 0 Å². The lowest BCUT2D eigenvalue weighted by atomic mass is 10.1. The summed E-state index contributed by atoms with van der Waals surface area (Å²) in [5, 5.41) is 9.85. The van der Waals surface area contributed by atoms with Crippen LogP contribution in [0, 0.1) is 5.92 Å². The zero-order valence-electron chi connectivity index (χ0n) is 7.49. The Hall–Kier alpha value is -0.610. The smallest absolute Gasteiger partial charge is 0.248 e. The van der Waals surface area contributed by atoms with E-state index in [1.165, 1.54) is 5.06 Å². The van der Waals surface area contributed by atoms with E-state index < -0.39 is 0 Å². The van der Waals surface area contributed by atoms with Crippen LogP contribution in [0.3, 0.4) is 0 Å². The summed E-state index contributed by atoms with van der Waals surface area (Å²) >= 11 is 0. The Balaban J connectivity index is 2.44. The topological polar surface area (TPSA) is 49.8 Å². The fourth-order valence-corrected chi connectivity index (χ4v) is 1.16. The monoisotopic (exact) mass is 173 g/mol. The quantitative estimate of drug-likeness (QED) is 0.661. The van der Waals surface area contributed by atoms with Crippen LogP contribution in [0.15, 0.2) is 0 Å². The van der Waals surface area contributed by atoms with Gasteiger partial charge in [0.15, 0.2) is 0 Å². The molecule has 4 nitrogen and oxygen atoms in total. The minimum absolute atomic E-state index is 0.0101. The van der Waals surface area contributed by atoms with Gasteiger partial charge in [-0.3, -0.25) is 9.63 Å². The summed E-state index contributed by atoms with van der Waals surface area (Å²) in [6.45, 7) is 4.26. The third-order valence-corrected chi connectivity index (χ3v) is 1.96. The van der Waals surface area contributed by atoms with Gasteiger partial charge in [-0.05, 0) is 5.92 Å². The van der Waals surface area contributed by atoms with Gasteiger partial charge in [-0.15, -0.1) is 0 Å². The molecule has 0 radical (unpaired) electrons. The molecule has 1 saturated heterocycles. The first-order valence-electron chi connectivity index (χ1n) is 4.23. The zero-order valence-corrected chi connectivity index (χ0v) is 7.49. The van der Waals surface area contributed by atoms with Crippen LogP contribution in [-0.2, 0) is 9.63 Å². The second kappa shape index (κ2) is 3.87. The third kappa shape index (κ3) is 1.95. The minimum atomic E-state index is -0.0451. The number of aliphatic hydroxyl groups is 1. The lowest BCUT2D eigenvalue weighted by Gasteiger charge is -2.16. The van der Waals surface area contributed by atoms with E-state index in [2.05, 4.69) is 0 Å². The van der Waals surface area contributed by atoms with Crippen molar-refractivity contribution in [1.82, 2.24) is 5.06 Å². The Bertz CT molecular complexity index is 170. The number of hydrogen-bond donors (Lipinski definition) is 1. The molecule has 0 aromatic carbocycles. The normalized spacial score (nSPS) is 24.2. The van der Waals surface area contributed by atoms with Crippen LogP contribution in [0.4, 0.5) is 0 Å². The summed E-state index contributed by atoms with van der Waals surface area (Å²) in [5.74, 6) is 0.320. The maximum atomic E-state index is 11.2. The molecule has 0 aromatic rings. The summed E-state index contributed by atoms with van der Waals surface area (Å²) in [6, 6.07) is 0. The van der Waals surface area contributed by atoms with Gasteiger partial charge < -0.3 is 5.11 Å². The molecule has 1 amide bonds. The highest BCUT2D eigenvalue weighted by molar-refractivity contribution is 5.77. The van der Waals surface area contributed by atoms with Crippen LogP contribution in [0.2, 0.25) is 0 Å². The van der Waals surface area contributed by atoms with E-state index in [4.69, 9.17) is 9.94 Å². The SMILES string of the molecule is CC(C)C1CC(=O)N(CCO)O1. The molecular formula is C8H15NO3. The van der Waals surface area contributed by atoms with Crippen LogP contribution in [0.25, 0.3) is 0 Å². The molecule has 0 saturated carbocycles. The molecule has 0 aliphatic carbocycles. The predicted octanol–water partition coefficient (Wildman–Crippen LogP) is 0.167. The number of hydroxylamine groups is 2. The predicted molar refractivity (Wildman–Crippen MR) is 43.1 cm³/mol. The number of β-amino-alcohol motifs (C(OH)–C–C–N with tert-alkyl or cyclic N) is 1. The van der Waals surface area contributed by atoms with Gasteiger partial charge in [0, 0.05) is 0 Å². The van der Waals surface area contributed by atoms with Crippen molar-refractivity contribution in [1.29, 1.82) is 0 Å². The molecule has 0 bridgehead atoms. The van der Waals surface area contributed by atoms with Crippen molar-refractivity contribution in [2.75, 3.05) is 13.2 Å². The summed E-state index contributed by atoms with van der Waals surface area (Å²) in [5.41, 5.74) is 0. The molecule has 1 unspecified atom stereocenters. The molecule has 70 valence electrons. The van der Waals surface area contributed by atoms with Crippen LogP contribution in [0.1, 0.15) is 20.3 Å². The van der Waals surface area contributed by atoms with Gasteiger partial charge in [-0.25, -0.2) is 5.06 Å². The number of carbonyl (C=O) groups is 1. The van der Waals surface area contributed by atoms with Crippen molar-refractivity contribution in [3.63, 3.8) is 0 Å². The van der Waals surface area contributed by atoms with E-state index in [1.54, 1.807) is 0 Å². The van der Waals surface area contributed by atoms with Crippen molar-refractivity contribution >= 4 is 5.91 Å². The maximum absolute atomic E-state index is 11.2. The number of rotatable bonds is 3. The first kappa shape index (κ1) is 9.48. The fraction of sp³-hybridized carbons (Fsp3) is 0.875. The number of aliphatic hydroxyl groups excluding tert-OH is 1. The van der Waals surface area contributed by atoms with E-state index >= 15 is 0 Å². The van der Waals surface area contributed by atoms with Gasteiger partial charge in [0.05, 0.1) is 25.7 Å². The molecule has 1 aliphatic rings. The molecule has 1 atom stereocenters. The van der Waals surface area contributed by atoms with Crippen molar-refractivity contribution in [2.24, 2.45) is 5.92 Å². The Morgan fingerprint density at radius 1 is 1.75 bits per heavy atom. The second-order valence-electron chi connectivity index (χ2n) is 3.31. The largest absolute Gasteiger partial charge is 0.394 e. The molecule has 0 aromatic heterocycles. The fourth-order valence-electron chi connectivity index (χ4n) is 1.16. The van der Waals surface area contributed by atoms with Crippen molar-refractivity contribution in [3.8, 4) is 0 Å². The van der Waals surface area contributed by atoms with Gasteiger partial charge >= 0.3 is 0 Å². The molecule has 1 rings (SSSR count). The van der Waals surface area contributed by atoms with Crippen molar-refractivity contribution in [2.45, 2.75) is 26.4 Å². The molecule has 1 aliphatic heterocycles. The lowest BCUT2D eigenvalue weighted by molar-refractivity contribution is -0.179. The molecule has 1 N–H and O–H groups in total. The summed E-state index contributed by atoms with van der Waals surface area (Å²) in [4.78, 5) is 16.5. The highest BCUT2D eigenvalue weighted by Gasteiger charge is 2.32. The van der Waals surface area contributed by atoms with E-state index in [9.17, 15) is 4.79 Å². The highest BCUT2D eigenvalue weighted by Crippen LogP contribution is 2.20. The number of amides is 1. The van der Waals surface area contributed by atoms with E-state index in [-0.39, 0.29) is 25.2 Å². The molecular weight excluding hydrogens is 158 g/mol. The summed E-state index contributed by atoms with van der Waals surface area (Å²) in [6.07, 6.45) is 0.432. The molecule has 1 fully saturated rings. The summed E-state index contributed by atoms with van der Waals surface area (Å²) in [7, 11) is 0. The average molecular weight is 173 g/mol. The minimum Gasteiger partial charge on any atom is -0.394 e. The van der Waals surface area contributed by atoms with Gasteiger partial charge in [0.1, 0.15) is 0 Å². The van der Waals surface area contributed by atoms with E-state index in [1.807, 2.05) is 13.8 Å². The van der Waals surface area contributed by atoms with Crippen LogP contribution >= 0.6 is 0 Å². The first-order chi connectivity index (χ1) is 5.65. The van der Waals surface area contributed by atoms with E-state index in [0.29, 0.717) is 12.3 Å². The Labute approximate surface area is 72.1 Å². The standard InChI is InChI=1S/C8H15NO3/c1-6(2)7-5-8(11)9(12-7)3-4-10/h6-7,10H,3-5H2,1-2H3. The average Bonchev–Trinajstić information content (AvgIpc) is 2.34. The van der Waals surface area contributed by atoms with Gasteiger partial charge in [-0.2, -0.15) is 0 Å². The molecule has 0 spiro atoms. The van der Waals surface area contributed by atoms with Crippen LogP contribution in [-0.4, -0.2) is 35.3 Å². The van der Waals surface area contributed by atoms with Gasteiger partial charge in [0.2, 0.25) is 5.91 Å². The number of hydrogen-bond acceptors (Lipinski definition) is 3. The van der Waals surface area contributed by atoms with Crippen molar-refractivity contribution < 1.29 is 14.7 Å². The maximum Gasteiger partial charge on any atom is 0.248 e. The zero-order chi connectivity index (χ0) is 9.14. The second-order valence-corrected chi connectivity index (χ2v) is 3.31.